The van der Waals surface area contributed by atoms with Gasteiger partial charge in [0.1, 0.15) is 0 Å². The predicted octanol–water partition coefficient (Wildman–Crippen LogP) is 1.95. The molecule has 2 heterocycles. The van der Waals surface area contributed by atoms with Gasteiger partial charge in [0.25, 0.3) is 0 Å². The molecule has 4 atom stereocenters. The summed E-state index contributed by atoms with van der Waals surface area (Å²) < 4.78 is 0. The Morgan fingerprint density at radius 1 is 0.833 bits per heavy atom. The molecule has 0 aromatic rings. The maximum atomic E-state index is 3.47. The fraction of sp³-hybridized carbons (Fsp3) is 1.00. The first-order valence-corrected chi connectivity index (χ1v) is 7.91. The quantitative estimate of drug-likeness (QED) is 0.616. The molecule has 4 bridgehead atoms. The van der Waals surface area contributed by atoms with Gasteiger partial charge in [-0.05, 0) is 43.9 Å². The number of hydrazine groups is 3. The monoisotopic (exact) mass is 252 g/mol. The summed E-state index contributed by atoms with van der Waals surface area (Å²) in [6, 6.07) is 0.663. The van der Waals surface area contributed by atoms with E-state index in [2.05, 4.69) is 21.5 Å². The summed E-state index contributed by atoms with van der Waals surface area (Å²) in [5.74, 6) is 1.88. The Balaban J connectivity index is 1.57. The van der Waals surface area contributed by atoms with E-state index in [0.717, 1.165) is 11.8 Å². The molecule has 3 rings (SSSR count). The van der Waals surface area contributed by atoms with E-state index in [1.807, 2.05) is 0 Å². The molecule has 0 spiro atoms. The molecule has 4 heteroatoms. The lowest BCUT2D eigenvalue weighted by Crippen LogP contribution is -2.58. The minimum atomic E-state index is 0.663. The van der Waals surface area contributed by atoms with Crippen LogP contribution in [0.2, 0.25) is 0 Å². The number of hydrogen-bond donors (Lipinski definition) is 3. The largest absolute Gasteiger partial charge is 0.240 e. The van der Waals surface area contributed by atoms with Gasteiger partial charge >= 0.3 is 0 Å². The molecular formula is C14H28N4. The van der Waals surface area contributed by atoms with Crippen LogP contribution in [-0.2, 0) is 0 Å². The van der Waals surface area contributed by atoms with Crippen molar-refractivity contribution >= 4 is 0 Å². The summed E-state index contributed by atoms with van der Waals surface area (Å²) in [6.45, 7) is 2.39. The number of piperidine rings is 1. The first kappa shape index (κ1) is 12.9. The Morgan fingerprint density at radius 3 is 2.56 bits per heavy atom. The van der Waals surface area contributed by atoms with Gasteiger partial charge in [-0.25, -0.2) is 10.4 Å². The molecule has 3 fully saturated rings. The summed E-state index contributed by atoms with van der Waals surface area (Å²) in [5.41, 5.74) is 10.1. The highest BCUT2D eigenvalue weighted by Crippen LogP contribution is 2.30. The number of nitrogens with one attached hydrogen (secondary N) is 3. The molecule has 4 unspecified atom stereocenters. The standard InChI is InChI=1S/C14H28N4/c1-4-12-5-2-8-14(10-12)15-16-17-18-9-3-7-13(6-1)11-18/h12-17H,1-11H2. The van der Waals surface area contributed by atoms with Crippen LogP contribution in [-0.4, -0.2) is 24.1 Å². The highest BCUT2D eigenvalue weighted by atomic mass is 15.8. The molecule has 0 radical (unpaired) electrons. The van der Waals surface area contributed by atoms with Gasteiger partial charge in [-0.15, -0.1) is 0 Å². The van der Waals surface area contributed by atoms with Crippen molar-refractivity contribution in [2.24, 2.45) is 11.8 Å². The Hall–Kier alpha value is -0.160. The van der Waals surface area contributed by atoms with E-state index < -0.39 is 0 Å². The summed E-state index contributed by atoms with van der Waals surface area (Å²) in [7, 11) is 0. The SMILES string of the molecule is C1CC2CCCC(C2)NNNN2CCCC(C1)C2. The molecule has 4 nitrogen and oxygen atoms in total. The fourth-order valence-corrected chi connectivity index (χ4v) is 4.00. The second-order valence-electron chi connectivity index (χ2n) is 6.50. The molecule has 0 amide bonds. The van der Waals surface area contributed by atoms with Crippen LogP contribution in [0.5, 0.6) is 0 Å². The fourth-order valence-electron chi connectivity index (χ4n) is 4.00. The lowest BCUT2D eigenvalue weighted by Gasteiger charge is -2.36. The van der Waals surface area contributed by atoms with Gasteiger partial charge in [-0.2, -0.15) is 11.1 Å². The van der Waals surface area contributed by atoms with E-state index >= 15 is 0 Å². The van der Waals surface area contributed by atoms with E-state index in [-0.39, 0.29) is 0 Å². The van der Waals surface area contributed by atoms with Gasteiger partial charge in [0.15, 0.2) is 0 Å². The van der Waals surface area contributed by atoms with Crippen molar-refractivity contribution in [1.82, 2.24) is 21.5 Å². The maximum absolute atomic E-state index is 3.47. The average Bonchev–Trinajstić information content (AvgIpc) is 2.39. The van der Waals surface area contributed by atoms with Crippen LogP contribution in [0.3, 0.4) is 0 Å². The van der Waals surface area contributed by atoms with Gasteiger partial charge in [0.05, 0.1) is 0 Å². The molecule has 2 saturated heterocycles. The number of nitrogens with zero attached hydrogens (tertiary/aromatic N) is 1. The summed E-state index contributed by atoms with van der Waals surface area (Å²) >= 11 is 0. The van der Waals surface area contributed by atoms with Crippen molar-refractivity contribution in [3.05, 3.63) is 0 Å². The number of rotatable bonds is 0. The Kier molecular flexibility index (Phi) is 4.52. The van der Waals surface area contributed by atoms with Crippen LogP contribution in [0, 0.1) is 11.8 Å². The molecule has 3 N–H and O–H groups in total. The zero-order valence-corrected chi connectivity index (χ0v) is 11.5. The van der Waals surface area contributed by atoms with E-state index in [9.17, 15) is 0 Å². The van der Waals surface area contributed by atoms with E-state index in [0.29, 0.717) is 6.04 Å². The Morgan fingerprint density at radius 2 is 1.61 bits per heavy atom. The van der Waals surface area contributed by atoms with Crippen molar-refractivity contribution in [2.75, 3.05) is 13.1 Å². The van der Waals surface area contributed by atoms with Gasteiger partial charge in [-0.3, -0.25) is 0 Å². The van der Waals surface area contributed by atoms with Crippen molar-refractivity contribution in [1.29, 1.82) is 0 Å². The highest BCUT2D eigenvalue weighted by molar-refractivity contribution is 4.78. The first-order chi connectivity index (χ1) is 8.90. The van der Waals surface area contributed by atoms with Gasteiger partial charge in [0, 0.05) is 19.1 Å². The van der Waals surface area contributed by atoms with Crippen LogP contribution in [0.1, 0.15) is 57.8 Å². The molecular weight excluding hydrogens is 224 g/mol. The van der Waals surface area contributed by atoms with E-state index in [1.165, 1.54) is 70.9 Å². The third-order valence-corrected chi connectivity index (χ3v) is 5.02. The Labute approximate surface area is 111 Å². The van der Waals surface area contributed by atoms with Crippen LogP contribution >= 0.6 is 0 Å². The van der Waals surface area contributed by atoms with Gasteiger partial charge < -0.3 is 0 Å². The second kappa shape index (κ2) is 6.33. The molecule has 3 aliphatic rings. The van der Waals surface area contributed by atoms with Gasteiger partial charge in [-0.1, -0.05) is 25.7 Å². The predicted molar refractivity (Wildman–Crippen MR) is 73.3 cm³/mol. The molecule has 18 heavy (non-hydrogen) atoms. The molecule has 104 valence electrons. The molecule has 2 aliphatic heterocycles. The van der Waals surface area contributed by atoms with Crippen LogP contribution < -0.4 is 16.5 Å². The molecule has 0 aromatic carbocycles. The lowest BCUT2D eigenvalue weighted by atomic mass is 9.82. The molecule has 1 saturated carbocycles. The summed E-state index contributed by atoms with van der Waals surface area (Å²) in [6.07, 6.45) is 12.7. The first-order valence-electron chi connectivity index (χ1n) is 7.91. The number of hydrogen-bond acceptors (Lipinski definition) is 4. The normalized spacial score (nSPS) is 42.7. The van der Waals surface area contributed by atoms with Crippen molar-refractivity contribution < 1.29 is 0 Å². The van der Waals surface area contributed by atoms with Gasteiger partial charge in [0.2, 0.25) is 0 Å². The average molecular weight is 252 g/mol. The highest BCUT2D eigenvalue weighted by Gasteiger charge is 2.24. The van der Waals surface area contributed by atoms with Crippen LogP contribution in [0.4, 0.5) is 0 Å². The zero-order chi connectivity index (χ0) is 12.2. The summed E-state index contributed by atoms with van der Waals surface area (Å²) in [4.78, 5) is 0. The molecule has 0 aromatic heterocycles. The van der Waals surface area contributed by atoms with Crippen LogP contribution in [0.25, 0.3) is 0 Å². The van der Waals surface area contributed by atoms with E-state index in [4.69, 9.17) is 0 Å². The smallest absolute Gasteiger partial charge is 0.0229 e. The third kappa shape index (κ3) is 3.44. The zero-order valence-electron chi connectivity index (χ0n) is 11.5. The second-order valence-corrected chi connectivity index (χ2v) is 6.50. The van der Waals surface area contributed by atoms with Crippen molar-refractivity contribution in [3.63, 3.8) is 0 Å². The maximum Gasteiger partial charge on any atom is 0.0229 e. The minimum Gasteiger partial charge on any atom is -0.240 e. The minimum absolute atomic E-state index is 0.663. The van der Waals surface area contributed by atoms with E-state index in [1.54, 1.807) is 0 Å². The Bertz CT molecular complexity index is 212. The summed E-state index contributed by atoms with van der Waals surface area (Å²) in [5, 5.41) is 2.35. The lowest BCUT2D eigenvalue weighted by molar-refractivity contribution is 0.0633. The van der Waals surface area contributed by atoms with Crippen molar-refractivity contribution in [3.8, 4) is 0 Å². The molecule has 1 aliphatic carbocycles. The topological polar surface area (TPSA) is 39.3 Å². The number of fused-ring (bicyclic) bond motifs is 4. The third-order valence-electron chi connectivity index (χ3n) is 5.02. The van der Waals surface area contributed by atoms with Crippen LogP contribution in [0.15, 0.2) is 0 Å². The van der Waals surface area contributed by atoms with Crippen molar-refractivity contribution in [2.45, 2.75) is 63.8 Å².